The first-order valence-electron chi connectivity index (χ1n) is 6.31. The van der Waals surface area contributed by atoms with Gasteiger partial charge in [0.05, 0.1) is 17.9 Å². The van der Waals surface area contributed by atoms with E-state index in [1.165, 1.54) is 0 Å². The van der Waals surface area contributed by atoms with Crippen molar-refractivity contribution in [3.63, 3.8) is 0 Å². The Labute approximate surface area is 116 Å². The maximum Gasteiger partial charge on any atom is 0.143 e. The number of rotatable bonds is 4. The van der Waals surface area contributed by atoms with Gasteiger partial charge in [0.15, 0.2) is 0 Å². The summed E-state index contributed by atoms with van der Waals surface area (Å²) < 4.78 is 3.42. The smallest absolute Gasteiger partial charge is 0.143 e. The molecule has 0 aliphatic carbocycles. The largest absolute Gasteiger partial charge is 0.378 e. The summed E-state index contributed by atoms with van der Waals surface area (Å²) in [4.78, 5) is 0. The Kier molecular flexibility index (Phi) is 3.16. The summed E-state index contributed by atoms with van der Waals surface area (Å²) in [6.07, 6.45) is 5.45. The lowest BCUT2D eigenvalue weighted by molar-refractivity contribution is 0.765. The molecule has 1 atom stereocenters. The van der Waals surface area contributed by atoms with Crippen LogP contribution < -0.4 is 5.32 Å². The highest BCUT2D eigenvalue weighted by Gasteiger charge is 2.07. The van der Waals surface area contributed by atoms with E-state index in [4.69, 9.17) is 0 Å². The molecule has 102 valence electrons. The van der Waals surface area contributed by atoms with Crippen LogP contribution in [0, 0.1) is 0 Å². The van der Waals surface area contributed by atoms with Gasteiger partial charge in [0.2, 0.25) is 0 Å². The van der Waals surface area contributed by atoms with Crippen molar-refractivity contribution in [1.29, 1.82) is 0 Å². The van der Waals surface area contributed by atoms with Crippen molar-refractivity contribution in [2.24, 2.45) is 7.05 Å². The SMILES string of the molecule is CC(Nc1ccc(-n2cnnn2)cc1)c1cnn(C)c1. The zero-order chi connectivity index (χ0) is 13.9. The highest BCUT2D eigenvalue weighted by molar-refractivity contribution is 5.49. The summed E-state index contributed by atoms with van der Waals surface area (Å²) in [7, 11) is 1.91. The molecule has 1 aromatic carbocycles. The minimum absolute atomic E-state index is 0.197. The third-order valence-corrected chi connectivity index (χ3v) is 3.09. The van der Waals surface area contributed by atoms with Crippen LogP contribution in [0.5, 0.6) is 0 Å². The fourth-order valence-corrected chi connectivity index (χ4v) is 1.99. The predicted octanol–water partition coefficient (Wildman–Crippen LogP) is 1.57. The first-order chi connectivity index (χ1) is 9.72. The van der Waals surface area contributed by atoms with E-state index in [1.807, 2.05) is 43.7 Å². The number of anilines is 1. The molecule has 0 spiro atoms. The fourth-order valence-electron chi connectivity index (χ4n) is 1.99. The highest BCUT2D eigenvalue weighted by Crippen LogP contribution is 2.19. The molecule has 7 nitrogen and oxygen atoms in total. The van der Waals surface area contributed by atoms with Crippen LogP contribution in [0.4, 0.5) is 5.69 Å². The van der Waals surface area contributed by atoms with Crippen molar-refractivity contribution in [2.45, 2.75) is 13.0 Å². The van der Waals surface area contributed by atoms with Gasteiger partial charge in [0.1, 0.15) is 6.33 Å². The lowest BCUT2D eigenvalue weighted by Gasteiger charge is -2.13. The van der Waals surface area contributed by atoms with Crippen molar-refractivity contribution in [3.8, 4) is 5.69 Å². The molecule has 3 aromatic rings. The Morgan fingerprint density at radius 2 is 2.00 bits per heavy atom. The van der Waals surface area contributed by atoms with E-state index < -0.39 is 0 Å². The second-order valence-electron chi connectivity index (χ2n) is 4.61. The van der Waals surface area contributed by atoms with Gasteiger partial charge in [-0.1, -0.05) is 0 Å². The molecule has 0 aliphatic heterocycles. The zero-order valence-electron chi connectivity index (χ0n) is 11.3. The lowest BCUT2D eigenvalue weighted by atomic mass is 10.2. The Bertz CT molecular complexity index is 669. The molecule has 7 heteroatoms. The summed E-state index contributed by atoms with van der Waals surface area (Å²) in [5.41, 5.74) is 3.12. The predicted molar refractivity (Wildman–Crippen MR) is 74.4 cm³/mol. The van der Waals surface area contributed by atoms with E-state index in [0.29, 0.717) is 0 Å². The molecule has 0 saturated heterocycles. The normalized spacial score (nSPS) is 12.3. The molecular formula is C13H15N7. The molecule has 1 N–H and O–H groups in total. The Hall–Kier alpha value is -2.70. The minimum Gasteiger partial charge on any atom is -0.378 e. The first-order valence-corrected chi connectivity index (χ1v) is 6.31. The average Bonchev–Trinajstić information content (AvgIpc) is 3.10. The molecule has 0 aliphatic rings. The maximum absolute atomic E-state index is 4.18. The number of benzene rings is 1. The van der Waals surface area contributed by atoms with Gasteiger partial charge < -0.3 is 5.32 Å². The van der Waals surface area contributed by atoms with E-state index in [-0.39, 0.29) is 6.04 Å². The van der Waals surface area contributed by atoms with Crippen LogP contribution in [0.25, 0.3) is 5.69 Å². The Balaban J connectivity index is 1.72. The average molecular weight is 269 g/mol. The van der Waals surface area contributed by atoms with Crippen molar-refractivity contribution >= 4 is 5.69 Å². The van der Waals surface area contributed by atoms with Gasteiger partial charge in [0, 0.05) is 24.5 Å². The molecule has 0 amide bonds. The number of tetrazole rings is 1. The number of aromatic nitrogens is 6. The van der Waals surface area contributed by atoms with Crippen LogP contribution >= 0.6 is 0 Å². The van der Waals surface area contributed by atoms with Gasteiger partial charge >= 0.3 is 0 Å². The molecule has 3 rings (SSSR count). The summed E-state index contributed by atoms with van der Waals surface area (Å²) in [5, 5.41) is 18.7. The fraction of sp³-hybridized carbons (Fsp3) is 0.231. The van der Waals surface area contributed by atoms with Crippen LogP contribution in [0.3, 0.4) is 0 Å². The van der Waals surface area contributed by atoms with Crippen molar-refractivity contribution in [2.75, 3.05) is 5.32 Å². The highest BCUT2D eigenvalue weighted by atomic mass is 15.5. The molecule has 2 heterocycles. The van der Waals surface area contributed by atoms with Crippen LogP contribution in [0.2, 0.25) is 0 Å². The number of aryl methyl sites for hydroxylation is 1. The molecule has 1 unspecified atom stereocenters. The summed E-state index contributed by atoms with van der Waals surface area (Å²) in [6.45, 7) is 2.10. The van der Waals surface area contributed by atoms with Crippen molar-refractivity contribution in [3.05, 3.63) is 48.5 Å². The van der Waals surface area contributed by atoms with Gasteiger partial charge in [-0.2, -0.15) is 5.10 Å². The van der Waals surface area contributed by atoms with Gasteiger partial charge in [-0.3, -0.25) is 4.68 Å². The lowest BCUT2D eigenvalue weighted by Crippen LogP contribution is -2.06. The van der Waals surface area contributed by atoms with Gasteiger partial charge in [-0.05, 0) is 41.6 Å². The summed E-state index contributed by atoms with van der Waals surface area (Å²) in [5.74, 6) is 0. The molecule has 2 aromatic heterocycles. The molecular weight excluding hydrogens is 254 g/mol. The quantitative estimate of drug-likeness (QED) is 0.778. The summed E-state index contributed by atoms with van der Waals surface area (Å²) >= 11 is 0. The van der Waals surface area contributed by atoms with E-state index in [2.05, 4.69) is 32.9 Å². The molecule has 0 radical (unpaired) electrons. The Morgan fingerprint density at radius 1 is 1.20 bits per heavy atom. The third-order valence-electron chi connectivity index (χ3n) is 3.09. The standard InChI is InChI=1S/C13H15N7/c1-10(11-7-15-19(2)8-11)16-12-3-5-13(6-4-12)20-9-14-17-18-20/h3-10,16H,1-2H3. The van der Waals surface area contributed by atoms with Crippen molar-refractivity contribution < 1.29 is 0 Å². The topological polar surface area (TPSA) is 73.5 Å². The van der Waals surface area contributed by atoms with E-state index in [0.717, 1.165) is 16.9 Å². The number of nitrogens with one attached hydrogen (secondary N) is 1. The van der Waals surface area contributed by atoms with Crippen LogP contribution in [0.15, 0.2) is 43.0 Å². The number of hydrogen-bond donors (Lipinski definition) is 1. The maximum atomic E-state index is 4.18. The monoisotopic (exact) mass is 269 g/mol. The van der Waals surface area contributed by atoms with Gasteiger partial charge in [-0.25, -0.2) is 4.68 Å². The minimum atomic E-state index is 0.197. The van der Waals surface area contributed by atoms with E-state index in [9.17, 15) is 0 Å². The van der Waals surface area contributed by atoms with Crippen LogP contribution in [-0.4, -0.2) is 30.0 Å². The Morgan fingerprint density at radius 3 is 2.60 bits per heavy atom. The number of nitrogens with zero attached hydrogens (tertiary/aromatic N) is 6. The molecule has 20 heavy (non-hydrogen) atoms. The third kappa shape index (κ3) is 2.51. The van der Waals surface area contributed by atoms with Gasteiger partial charge in [-0.15, -0.1) is 5.10 Å². The number of hydrogen-bond acceptors (Lipinski definition) is 5. The summed E-state index contributed by atoms with van der Waals surface area (Å²) in [6, 6.07) is 8.14. The second kappa shape index (κ2) is 5.12. The van der Waals surface area contributed by atoms with Crippen LogP contribution in [0.1, 0.15) is 18.5 Å². The first kappa shape index (κ1) is 12.3. The van der Waals surface area contributed by atoms with Crippen LogP contribution in [-0.2, 0) is 7.05 Å². The van der Waals surface area contributed by atoms with Crippen molar-refractivity contribution in [1.82, 2.24) is 30.0 Å². The van der Waals surface area contributed by atoms with E-state index >= 15 is 0 Å². The molecule has 0 fully saturated rings. The second-order valence-corrected chi connectivity index (χ2v) is 4.61. The van der Waals surface area contributed by atoms with E-state index in [1.54, 1.807) is 15.7 Å². The molecule has 0 saturated carbocycles. The van der Waals surface area contributed by atoms with Gasteiger partial charge in [0.25, 0.3) is 0 Å². The molecule has 0 bridgehead atoms. The zero-order valence-corrected chi connectivity index (χ0v) is 11.3.